The van der Waals surface area contributed by atoms with Crippen LogP contribution in [-0.2, 0) is 4.74 Å². The zero-order valence-corrected chi connectivity index (χ0v) is 9.78. The molecule has 0 unspecified atom stereocenters. The summed E-state index contributed by atoms with van der Waals surface area (Å²) in [6.07, 6.45) is 4.42. The number of nitrogens with two attached hydrogens (primary N) is 1. The lowest BCUT2D eigenvalue weighted by Crippen LogP contribution is -2.07. The molecular weight excluding hydrogens is 221 g/mol. The quantitative estimate of drug-likeness (QED) is 0.800. The first-order valence-electron chi connectivity index (χ1n) is 5.52. The van der Waals surface area contributed by atoms with Crippen LogP contribution in [-0.4, -0.2) is 19.1 Å². The maximum Gasteiger partial charge on any atom is 0.341 e. The molecular formula is C13H16FNO2. The molecule has 0 heterocycles. The summed E-state index contributed by atoms with van der Waals surface area (Å²) in [5.41, 5.74) is 6.06. The SMILES string of the molecule is CCOC(=O)c1cc(C=CCCN)ccc1F. The molecule has 0 aliphatic carbocycles. The third-order valence-electron chi connectivity index (χ3n) is 2.13. The second-order valence-corrected chi connectivity index (χ2v) is 3.44. The first-order chi connectivity index (χ1) is 8.19. The van der Waals surface area contributed by atoms with Gasteiger partial charge >= 0.3 is 5.97 Å². The van der Waals surface area contributed by atoms with Crippen LogP contribution in [0.4, 0.5) is 4.39 Å². The van der Waals surface area contributed by atoms with E-state index in [4.69, 9.17) is 10.5 Å². The molecule has 17 heavy (non-hydrogen) atoms. The molecule has 0 amide bonds. The van der Waals surface area contributed by atoms with Gasteiger partial charge in [0.25, 0.3) is 0 Å². The Morgan fingerprint density at radius 3 is 2.94 bits per heavy atom. The molecule has 0 saturated carbocycles. The highest BCUT2D eigenvalue weighted by atomic mass is 19.1. The van der Waals surface area contributed by atoms with Crippen molar-refractivity contribution in [3.05, 3.63) is 41.2 Å². The molecule has 2 N–H and O–H groups in total. The van der Waals surface area contributed by atoms with Gasteiger partial charge in [-0.15, -0.1) is 0 Å². The number of carbonyl (C=O) groups is 1. The molecule has 0 atom stereocenters. The van der Waals surface area contributed by atoms with Gasteiger partial charge in [0.05, 0.1) is 12.2 Å². The zero-order valence-electron chi connectivity index (χ0n) is 9.78. The first-order valence-corrected chi connectivity index (χ1v) is 5.52. The Labute approximate surface area is 100 Å². The number of hydrogen-bond acceptors (Lipinski definition) is 3. The van der Waals surface area contributed by atoms with Crippen molar-refractivity contribution >= 4 is 12.0 Å². The summed E-state index contributed by atoms with van der Waals surface area (Å²) >= 11 is 0. The Bertz CT molecular complexity index is 416. The summed E-state index contributed by atoms with van der Waals surface area (Å²) in [6.45, 7) is 2.47. The lowest BCUT2D eigenvalue weighted by molar-refractivity contribution is 0.0521. The largest absolute Gasteiger partial charge is 0.462 e. The van der Waals surface area contributed by atoms with E-state index in [9.17, 15) is 9.18 Å². The molecule has 0 spiro atoms. The van der Waals surface area contributed by atoms with E-state index >= 15 is 0 Å². The predicted octanol–water partition coefficient (Wildman–Crippen LogP) is 2.36. The fraction of sp³-hybridized carbons (Fsp3) is 0.308. The average Bonchev–Trinajstić information content (AvgIpc) is 2.32. The minimum Gasteiger partial charge on any atom is -0.462 e. The lowest BCUT2D eigenvalue weighted by Gasteiger charge is -2.04. The lowest BCUT2D eigenvalue weighted by atomic mass is 10.1. The van der Waals surface area contributed by atoms with Crippen LogP contribution in [0.25, 0.3) is 6.08 Å². The molecule has 0 aliphatic rings. The van der Waals surface area contributed by atoms with Crippen molar-refractivity contribution in [2.75, 3.05) is 13.2 Å². The molecule has 0 fully saturated rings. The van der Waals surface area contributed by atoms with Crippen molar-refractivity contribution < 1.29 is 13.9 Å². The van der Waals surface area contributed by atoms with E-state index in [1.165, 1.54) is 12.1 Å². The zero-order chi connectivity index (χ0) is 12.7. The van der Waals surface area contributed by atoms with Gasteiger partial charge in [-0.1, -0.05) is 18.2 Å². The van der Waals surface area contributed by atoms with Crippen LogP contribution in [0.1, 0.15) is 29.3 Å². The number of hydrogen-bond donors (Lipinski definition) is 1. The van der Waals surface area contributed by atoms with Crippen LogP contribution < -0.4 is 5.73 Å². The number of benzene rings is 1. The Balaban J connectivity index is 2.90. The van der Waals surface area contributed by atoms with Gasteiger partial charge in [0, 0.05) is 0 Å². The van der Waals surface area contributed by atoms with E-state index in [2.05, 4.69) is 0 Å². The average molecular weight is 237 g/mol. The second-order valence-electron chi connectivity index (χ2n) is 3.44. The molecule has 0 saturated heterocycles. The van der Waals surface area contributed by atoms with Crippen LogP contribution >= 0.6 is 0 Å². The number of halogens is 1. The van der Waals surface area contributed by atoms with E-state index < -0.39 is 11.8 Å². The van der Waals surface area contributed by atoms with E-state index in [1.807, 2.05) is 6.08 Å². The van der Waals surface area contributed by atoms with Crippen molar-refractivity contribution in [1.82, 2.24) is 0 Å². The molecule has 1 rings (SSSR count). The van der Waals surface area contributed by atoms with Crippen LogP contribution in [0, 0.1) is 5.82 Å². The minimum atomic E-state index is -0.640. The van der Waals surface area contributed by atoms with Gasteiger partial charge in [0.1, 0.15) is 5.82 Å². The Morgan fingerprint density at radius 2 is 2.29 bits per heavy atom. The van der Waals surface area contributed by atoms with Gasteiger partial charge in [-0.3, -0.25) is 0 Å². The molecule has 0 aromatic heterocycles. The Kier molecular flexibility index (Phi) is 5.36. The summed E-state index contributed by atoms with van der Waals surface area (Å²) < 4.78 is 18.2. The van der Waals surface area contributed by atoms with E-state index in [0.717, 1.165) is 12.0 Å². The number of rotatable bonds is 5. The van der Waals surface area contributed by atoms with Crippen molar-refractivity contribution in [2.24, 2.45) is 5.73 Å². The third kappa shape index (κ3) is 4.00. The molecule has 0 bridgehead atoms. The summed E-state index contributed by atoms with van der Waals surface area (Å²) in [4.78, 5) is 11.4. The standard InChI is InChI=1S/C13H16FNO2/c1-2-17-13(16)11-9-10(5-3-4-8-15)6-7-12(11)14/h3,5-7,9H,2,4,8,15H2,1H3. The highest BCUT2D eigenvalue weighted by Gasteiger charge is 2.12. The minimum absolute atomic E-state index is 0.0400. The maximum absolute atomic E-state index is 13.4. The summed E-state index contributed by atoms with van der Waals surface area (Å²) in [5, 5.41) is 0. The molecule has 0 radical (unpaired) electrons. The normalized spacial score (nSPS) is 10.8. The van der Waals surface area contributed by atoms with E-state index in [1.54, 1.807) is 19.1 Å². The summed E-state index contributed by atoms with van der Waals surface area (Å²) in [7, 11) is 0. The third-order valence-corrected chi connectivity index (χ3v) is 2.13. The van der Waals surface area contributed by atoms with Crippen LogP contribution in [0.2, 0.25) is 0 Å². The van der Waals surface area contributed by atoms with E-state index in [0.29, 0.717) is 6.54 Å². The molecule has 1 aromatic carbocycles. The fourth-order valence-electron chi connectivity index (χ4n) is 1.33. The molecule has 1 aromatic rings. The topological polar surface area (TPSA) is 52.3 Å². The van der Waals surface area contributed by atoms with Gasteiger partial charge < -0.3 is 10.5 Å². The molecule has 4 heteroatoms. The number of ether oxygens (including phenoxy) is 1. The number of esters is 1. The smallest absolute Gasteiger partial charge is 0.341 e. The highest BCUT2D eigenvalue weighted by Crippen LogP contribution is 2.13. The Hall–Kier alpha value is -1.68. The monoisotopic (exact) mass is 237 g/mol. The van der Waals surface area contributed by atoms with Gasteiger partial charge in [-0.2, -0.15) is 0 Å². The van der Waals surface area contributed by atoms with Crippen LogP contribution in [0.15, 0.2) is 24.3 Å². The van der Waals surface area contributed by atoms with Gasteiger partial charge in [0.15, 0.2) is 0 Å². The van der Waals surface area contributed by atoms with Gasteiger partial charge in [-0.05, 0) is 37.6 Å². The van der Waals surface area contributed by atoms with E-state index in [-0.39, 0.29) is 12.2 Å². The Morgan fingerprint density at radius 1 is 1.53 bits per heavy atom. The first kappa shape index (κ1) is 13.4. The molecule has 92 valence electrons. The van der Waals surface area contributed by atoms with Crippen molar-refractivity contribution in [2.45, 2.75) is 13.3 Å². The van der Waals surface area contributed by atoms with Gasteiger partial charge in [0.2, 0.25) is 0 Å². The molecule has 0 aliphatic heterocycles. The highest BCUT2D eigenvalue weighted by molar-refractivity contribution is 5.90. The second kappa shape index (κ2) is 6.81. The maximum atomic E-state index is 13.4. The van der Waals surface area contributed by atoms with Crippen molar-refractivity contribution in [1.29, 1.82) is 0 Å². The van der Waals surface area contributed by atoms with Gasteiger partial charge in [-0.25, -0.2) is 9.18 Å². The van der Waals surface area contributed by atoms with Crippen LogP contribution in [0.5, 0.6) is 0 Å². The van der Waals surface area contributed by atoms with Crippen LogP contribution in [0.3, 0.4) is 0 Å². The van der Waals surface area contributed by atoms with Crippen molar-refractivity contribution in [3.8, 4) is 0 Å². The fourth-order valence-corrected chi connectivity index (χ4v) is 1.33. The number of carbonyl (C=O) groups excluding carboxylic acids is 1. The van der Waals surface area contributed by atoms with Crippen molar-refractivity contribution in [3.63, 3.8) is 0 Å². The summed E-state index contributed by atoms with van der Waals surface area (Å²) in [5.74, 6) is -1.21. The predicted molar refractivity (Wildman–Crippen MR) is 65.1 cm³/mol. The summed E-state index contributed by atoms with van der Waals surface area (Å²) in [6, 6.07) is 4.33. The molecule has 3 nitrogen and oxygen atoms in total.